The lowest BCUT2D eigenvalue weighted by molar-refractivity contribution is 0.256. The molecule has 0 saturated carbocycles. The van der Waals surface area contributed by atoms with Gasteiger partial charge in [-0.25, -0.2) is 4.39 Å². The van der Waals surface area contributed by atoms with Crippen LogP contribution >= 0.6 is 23.6 Å². The fourth-order valence-electron chi connectivity index (χ4n) is 2.07. The van der Waals surface area contributed by atoms with Crippen LogP contribution in [-0.4, -0.2) is 16.9 Å². The molecular formula is C15H17FN2S2. The Morgan fingerprint density at radius 2 is 2.20 bits per heavy atom. The van der Waals surface area contributed by atoms with Crippen LogP contribution in [0.2, 0.25) is 0 Å². The largest absolute Gasteiger partial charge is 0.389 e. The van der Waals surface area contributed by atoms with Gasteiger partial charge in [-0.2, -0.15) is 0 Å². The number of thiophene rings is 1. The summed E-state index contributed by atoms with van der Waals surface area (Å²) < 4.78 is 13.3. The second-order valence-corrected chi connectivity index (χ2v) is 6.19. The van der Waals surface area contributed by atoms with Crippen LogP contribution in [0.1, 0.15) is 29.0 Å². The number of hydrogen-bond acceptors (Lipinski definition) is 3. The van der Waals surface area contributed by atoms with Crippen molar-refractivity contribution >= 4 is 28.5 Å². The molecule has 106 valence electrons. The van der Waals surface area contributed by atoms with Gasteiger partial charge in [-0.05, 0) is 43.1 Å². The van der Waals surface area contributed by atoms with Crippen molar-refractivity contribution in [1.82, 2.24) is 4.90 Å². The van der Waals surface area contributed by atoms with Crippen LogP contribution in [0.4, 0.5) is 4.39 Å². The number of hydrogen-bond donors (Lipinski definition) is 1. The van der Waals surface area contributed by atoms with Gasteiger partial charge in [0.1, 0.15) is 10.8 Å². The number of benzene rings is 1. The summed E-state index contributed by atoms with van der Waals surface area (Å²) in [6, 6.07) is 9.05. The van der Waals surface area contributed by atoms with Gasteiger partial charge in [0, 0.05) is 23.0 Å². The molecule has 0 spiro atoms. The summed E-state index contributed by atoms with van der Waals surface area (Å²) >= 11 is 6.73. The van der Waals surface area contributed by atoms with Gasteiger partial charge in [-0.15, -0.1) is 11.3 Å². The zero-order chi connectivity index (χ0) is 14.7. The summed E-state index contributed by atoms with van der Waals surface area (Å²) in [5.74, 6) is -0.314. The van der Waals surface area contributed by atoms with Crippen molar-refractivity contribution in [2.45, 2.75) is 19.5 Å². The molecule has 2 rings (SSSR count). The third-order valence-electron chi connectivity index (χ3n) is 3.37. The maximum absolute atomic E-state index is 13.3. The lowest BCUT2D eigenvalue weighted by atomic mass is 10.1. The summed E-state index contributed by atoms with van der Waals surface area (Å²) in [7, 11) is 2.04. The van der Waals surface area contributed by atoms with Gasteiger partial charge < -0.3 is 5.73 Å². The van der Waals surface area contributed by atoms with E-state index in [4.69, 9.17) is 18.0 Å². The molecule has 2 aromatic rings. The third kappa shape index (κ3) is 3.42. The van der Waals surface area contributed by atoms with Crippen LogP contribution < -0.4 is 5.73 Å². The van der Waals surface area contributed by atoms with Crippen molar-refractivity contribution in [2.24, 2.45) is 5.73 Å². The van der Waals surface area contributed by atoms with Gasteiger partial charge in [-0.3, -0.25) is 4.90 Å². The van der Waals surface area contributed by atoms with E-state index in [1.807, 2.05) is 13.1 Å². The minimum absolute atomic E-state index is 0.233. The SMILES string of the molecule is CC(c1cccs1)N(C)Cc1ccc(F)cc1C(N)=S. The van der Waals surface area contributed by atoms with Crippen LogP contribution in [0.25, 0.3) is 0 Å². The average molecular weight is 308 g/mol. The van der Waals surface area contributed by atoms with Crippen molar-refractivity contribution in [3.63, 3.8) is 0 Å². The molecule has 1 heterocycles. The molecule has 0 aliphatic carbocycles. The zero-order valence-electron chi connectivity index (χ0n) is 11.5. The molecule has 1 unspecified atom stereocenters. The van der Waals surface area contributed by atoms with Crippen LogP contribution in [-0.2, 0) is 6.54 Å². The Balaban J connectivity index is 2.19. The maximum atomic E-state index is 13.3. The highest BCUT2D eigenvalue weighted by Crippen LogP contribution is 2.25. The van der Waals surface area contributed by atoms with E-state index >= 15 is 0 Å². The molecular weight excluding hydrogens is 291 g/mol. The second kappa shape index (κ2) is 6.43. The Morgan fingerprint density at radius 1 is 1.45 bits per heavy atom. The van der Waals surface area contributed by atoms with Gasteiger partial charge in [0.15, 0.2) is 0 Å². The highest BCUT2D eigenvalue weighted by Gasteiger charge is 2.15. The Kier molecular flexibility index (Phi) is 4.86. The van der Waals surface area contributed by atoms with Crippen LogP contribution in [0, 0.1) is 5.82 Å². The first-order chi connectivity index (χ1) is 9.49. The van der Waals surface area contributed by atoms with Crippen LogP contribution in [0.5, 0.6) is 0 Å². The average Bonchev–Trinajstić information content (AvgIpc) is 2.93. The lowest BCUT2D eigenvalue weighted by Gasteiger charge is -2.24. The Bertz CT molecular complexity index is 596. The van der Waals surface area contributed by atoms with Gasteiger partial charge in [-0.1, -0.05) is 24.4 Å². The van der Waals surface area contributed by atoms with Gasteiger partial charge in [0.05, 0.1) is 0 Å². The van der Waals surface area contributed by atoms with E-state index in [0.717, 1.165) is 5.56 Å². The molecule has 1 atom stereocenters. The molecule has 0 amide bonds. The fourth-order valence-corrected chi connectivity index (χ4v) is 3.11. The molecule has 0 radical (unpaired) electrons. The number of rotatable bonds is 5. The Labute approximate surface area is 128 Å². The molecule has 0 aliphatic rings. The molecule has 20 heavy (non-hydrogen) atoms. The molecule has 1 aromatic carbocycles. The van der Waals surface area contributed by atoms with E-state index in [0.29, 0.717) is 18.2 Å². The van der Waals surface area contributed by atoms with Gasteiger partial charge in [0.25, 0.3) is 0 Å². The Morgan fingerprint density at radius 3 is 2.80 bits per heavy atom. The van der Waals surface area contributed by atoms with Gasteiger partial charge in [0.2, 0.25) is 0 Å². The normalized spacial score (nSPS) is 12.6. The molecule has 2 N–H and O–H groups in total. The number of halogens is 1. The smallest absolute Gasteiger partial charge is 0.123 e. The third-order valence-corrected chi connectivity index (χ3v) is 4.64. The van der Waals surface area contributed by atoms with E-state index in [1.54, 1.807) is 17.4 Å². The quantitative estimate of drug-likeness (QED) is 0.854. The van der Waals surface area contributed by atoms with E-state index in [2.05, 4.69) is 23.3 Å². The van der Waals surface area contributed by atoms with E-state index in [1.165, 1.54) is 17.0 Å². The van der Waals surface area contributed by atoms with Crippen molar-refractivity contribution in [1.29, 1.82) is 0 Å². The summed E-state index contributed by atoms with van der Waals surface area (Å²) in [4.78, 5) is 3.73. The second-order valence-electron chi connectivity index (χ2n) is 4.77. The van der Waals surface area contributed by atoms with E-state index in [9.17, 15) is 4.39 Å². The molecule has 0 bridgehead atoms. The number of nitrogens with two attached hydrogens (primary N) is 1. The maximum Gasteiger partial charge on any atom is 0.123 e. The van der Waals surface area contributed by atoms with Crippen LogP contribution in [0.3, 0.4) is 0 Å². The van der Waals surface area contributed by atoms with Crippen molar-refractivity contribution in [3.05, 3.63) is 57.5 Å². The standard InChI is InChI=1S/C15H17FN2S2/c1-10(14-4-3-7-20-14)18(2)9-11-5-6-12(16)8-13(11)15(17)19/h3-8,10H,9H2,1-2H3,(H2,17,19). The molecule has 5 heteroatoms. The topological polar surface area (TPSA) is 29.3 Å². The summed E-state index contributed by atoms with van der Waals surface area (Å²) in [6.07, 6.45) is 0. The minimum atomic E-state index is -0.314. The van der Waals surface area contributed by atoms with E-state index in [-0.39, 0.29) is 10.8 Å². The van der Waals surface area contributed by atoms with Crippen molar-refractivity contribution < 1.29 is 4.39 Å². The molecule has 0 saturated heterocycles. The molecule has 0 aliphatic heterocycles. The molecule has 0 fully saturated rings. The number of thiocarbonyl (C=S) groups is 1. The molecule has 1 aromatic heterocycles. The first-order valence-electron chi connectivity index (χ1n) is 6.31. The zero-order valence-corrected chi connectivity index (χ0v) is 13.1. The number of nitrogens with zero attached hydrogens (tertiary/aromatic N) is 1. The summed E-state index contributed by atoms with van der Waals surface area (Å²) in [6.45, 7) is 2.82. The summed E-state index contributed by atoms with van der Waals surface area (Å²) in [5.41, 5.74) is 7.24. The first kappa shape index (κ1) is 15.1. The monoisotopic (exact) mass is 308 g/mol. The fraction of sp³-hybridized carbons (Fsp3) is 0.267. The molecule has 2 nitrogen and oxygen atoms in total. The highest BCUT2D eigenvalue weighted by molar-refractivity contribution is 7.80. The van der Waals surface area contributed by atoms with Crippen LogP contribution in [0.15, 0.2) is 35.7 Å². The lowest BCUT2D eigenvalue weighted by Crippen LogP contribution is -2.23. The summed E-state index contributed by atoms with van der Waals surface area (Å²) in [5, 5.41) is 2.07. The van der Waals surface area contributed by atoms with Crippen molar-refractivity contribution in [3.8, 4) is 0 Å². The Hall–Kier alpha value is -1.30. The predicted molar refractivity (Wildman–Crippen MR) is 86.5 cm³/mol. The minimum Gasteiger partial charge on any atom is -0.389 e. The van der Waals surface area contributed by atoms with Gasteiger partial charge >= 0.3 is 0 Å². The first-order valence-corrected chi connectivity index (χ1v) is 7.59. The van der Waals surface area contributed by atoms with E-state index < -0.39 is 0 Å². The predicted octanol–water partition coefficient (Wildman–Crippen LogP) is 3.71. The highest BCUT2D eigenvalue weighted by atomic mass is 32.1. The van der Waals surface area contributed by atoms with Crippen molar-refractivity contribution in [2.75, 3.05) is 7.05 Å².